The molecule has 2 rings (SSSR count). The summed E-state index contributed by atoms with van der Waals surface area (Å²) in [4.78, 5) is 14.5. The predicted molar refractivity (Wildman–Crippen MR) is 92.7 cm³/mol. The van der Waals surface area contributed by atoms with E-state index in [-0.39, 0.29) is 5.56 Å². The maximum absolute atomic E-state index is 11.9. The summed E-state index contributed by atoms with van der Waals surface area (Å²) in [5.74, 6) is 0.447. The molecule has 1 aliphatic rings. The number of aromatic nitrogens is 1. The van der Waals surface area contributed by atoms with Crippen LogP contribution in [0.2, 0.25) is 0 Å². The van der Waals surface area contributed by atoms with E-state index in [0.29, 0.717) is 11.3 Å². The molecule has 114 valence electrons. The van der Waals surface area contributed by atoms with E-state index in [0.717, 1.165) is 9.95 Å². The van der Waals surface area contributed by atoms with Crippen LogP contribution >= 0.6 is 28.6 Å². The van der Waals surface area contributed by atoms with Crippen molar-refractivity contribution < 1.29 is 9.31 Å². The highest BCUT2D eigenvalue weighted by molar-refractivity contribution is 9.10. The maximum Gasteiger partial charge on any atom is 0.491 e. The van der Waals surface area contributed by atoms with Crippen LogP contribution in [0.4, 0.5) is 0 Å². The molecule has 0 aliphatic carbocycles. The molecule has 4 nitrogen and oxygen atoms in total. The highest BCUT2D eigenvalue weighted by Crippen LogP contribution is 2.38. The Morgan fingerprint density at radius 3 is 2.48 bits per heavy atom. The molecule has 1 N–H and O–H groups in total. The van der Waals surface area contributed by atoms with Gasteiger partial charge in [-0.15, -0.1) is 0 Å². The SMILES string of the molecule is CC1(C)OB(C(=Cc2cc(Br)c[nH]c2=O)CS)OC1(C)C. The zero-order valence-electron chi connectivity index (χ0n) is 12.6. The third-order valence-electron chi connectivity index (χ3n) is 3.98. The monoisotopic (exact) mass is 371 g/mol. The van der Waals surface area contributed by atoms with Crippen LogP contribution in [0.25, 0.3) is 6.08 Å². The first-order valence-corrected chi connectivity index (χ1v) is 8.14. The van der Waals surface area contributed by atoms with Crippen LogP contribution in [0.5, 0.6) is 0 Å². The Morgan fingerprint density at radius 1 is 1.38 bits per heavy atom. The lowest BCUT2D eigenvalue weighted by Gasteiger charge is -2.32. The summed E-state index contributed by atoms with van der Waals surface area (Å²) in [7, 11) is -0.495. The highest BCUT2D eigenvalue weighted by atomic mass is 79.9. The van der Waals surface area contributed by atoms with Crippen LogP contribution in [0.15, 0.2) is 27.0 Å². The van der Waals surface area contributed by atoms with Gasteiger partial charge in [0.25, 0.3) is 5.56 Å². The molecule has 1 aromatic heterocycles. The van der Waals surface area contributed by atoms with Gasteiger partial charge >= 0.3 is 7.12 Å². The van der Waals surface area contributed by atoms with Crippen molar-refractivity contribution in [3.63, 3.8) is 0 Å². The molecule has 0 bridgehead atoms. The molecule has 0 saturated carbocycles. The van der Waals surface area contributed by atoms with E-state index in [1.165, 1.54) is 0 Å². The Morgan fingerprint density at radius 2 is 1.95 bits per heavy atom. The number of rotatable bonds is 3. The Hall–Kier alpha value is -0.495. The lowest BCUT2D eigenvalue weighted by molar-refractivity contribution is 0.00578. The second-order valence-corrected chi connectivity index (χ2v) is 7.30. The van der Waals surface area contributed by atoms with Gasteiger partial charge in [0.05, 0.1) is 11.2 Å². The molecule has 7 heteroatoms. The highest BCUT2D eigenvalue weighted by Gasteiger charge is 2.52. The van der Waals surface area contributed by atoms with Crippen molar-refractivity contribution in [3.05, 3.63) is 38.1 Å². The minimum Gasteiger partial charge on any atom is -0.400 e. The summed E-state index contributed by atoms with van der Waals surface area (Å²) in [5.41, 5.74) is 0.380. The van der Waals surface area contributed by atoms with Gasteiger partial charge in [-0.3, -0.25) is 4.79 Å². The minimum absolute atomic E-state index is 0.158. The molecule has 0 radical (unpaired) electrons. The summed E-state index contributed by atoms with van der Waals surface area (Å²) in [5, 5.41) is 0. The molecule has 0 aromatic carbocycles. The van der Waals surface area contributed by atoms with Gasteiger partial charge in [-0.25, -0.2) is 0 Å². The lowest BCUT2D eigenvalue weighted by Crippen LogP contribution is -2.41. The summed E-state index contributed by atoms with van der Waals surface area (Å²) < 4.78 is 12.8. The van der Waals surface area contributed by atoms with Crippen LogP contribution in [0.3, 0.4) is 0 Å². The van der Waals surface area contributed by atoms with Gasteiger partial charge in [0.2, 0.25) is 0 Å². The van der Waals surface area contributed by atoms with E-state index in [9.17, 15) is 4.79 Å². The van der Waals surface area contributed by atoms with Gasteiger partial charge in [0, 0.05) is 22.0 Å². The van der Waals surface area contributed by atoms with Crippen molar-refractivity contribution >= 4 is 41.8 Å². The fourth-order valence-corrected chi connectivity index (χ4v) is 2.56. The predicted octanol–water partition coefficient (Wildman–Crippen LogP) is 3.08. The van der Waals surface area contributed by atoms with Crippen molar-refractivity contribution in [1.29, 1.82) is 0 Å². The largest absolute Gasteiger partial charge is 0.491 e. The Balaban J connectivity index is 2.35. The van der Waals surface area contributed by atoms with Crippen molar-refractivity contribution in [1.82, 2.24) is 4.98 Å². The van der Waals surface area contributed by atoms with Gasteiger partial charge in [0.1, 0.15) is 0 Å². The van der Waals surface area contributed by atoms with Crippen LogP contribution in [-0.2, 0) is 9.31 Å². The number of H-pyrrole nitrogens is 1. The Bertz CT molecular complexity index is 611. The van der Waals surface area contributed by atoms with E-state index in [4.69, 9.17) is 9.31 Å². The number of hydrogen-bond donors (Lipinski definition) is 2. The third-order valence-corrected chi connectivity index (χ3v) is 4.80. The number of nitrogens with one attached hydrogen (secondary N) is 1. The van der Waals surface area contributed by atoms with Crippen molar-refractivity contribution in [2.45, 2.75) is 38.9 Å². The van der Waals surface area contributed by atoms with Gasteiger partial charge in [-0.1, -0.05) is 6.08 Å². The average Bonchev–Trinajstić information content (AvgIpc) is 2.59. The molecule has 1 saturated heterocycles. The average molecular weight is 372 g/mol. The van der Waals surface area contributed by atoms with Crippen LogP contribution in [0, 0.1) is 0 Å². The molecular weight excluding hydrogens is 353 g/mol. The molecule has 0 amide bonds. The van der Waals surface area contributed by atoms with Crippen molar-refractivity contribution in [3.8, 4) is 0 Å². The topological polar surface area (TPSA) is 51.3 Å². The molecule has 21 heavy (non-hydrogen) atoms. The summed E-state index contributed by atoms with van der Waals surface area (Å²) >= 11 is 7.69. The van der Waals surface area contributed by atoms with Crippen LogP contribution < -0.4 is 5.56 Å². The Kier molecular flexibility index (Phi) is 4.78. The quantitative estimate of drug-likeness (QED) is 0.634. The molecule has 1 aromatic rings. The summed E-state index contributed by atoms with van der Waals surface area (Å²) in [6, 6.07) is 1.76. The van der Waals surface area contributed by atoms with Gasteiger partial charge < -0.3 is 14.3 Å². The number of pyridine rings is 1. The summed E-state index contributed by atoms with van der Waals surface area (Å²) in [6.45, 7) is 7.98. The zero-order chi connectivity index (χ0) is 15.8. The van der Waals surface area contributed by atoms with E-state index >= 15 is 0 Å². The first-order valence-electron chi connectivity index (χ1n) is 6.71. The van der Waals surface area contributed by atoms with E-state index < -0.39 is 18.3 Å². The normalized spacial score (nSPS) is 20.9. The van der Waals surface area contributed by atoms with Gasteiger partial charge in [-0.2, -0.15) is 12.6 Å². The number of aromatic amines is 1. The second kappa shape index (κ2) is 5.95. The number of halogens is 1. The fourth-order valence-electron chi connectivity index (χ4n) is 1.96. The molecule has 1 aliphatic heterocycles. The van der Waals surface area contributed by atoms with Crippen LogP contribution in [-0.4, -0.2) is 29.1 Å². The minimum atomic E-state index is -0.495. The van der Waals surface area contributed by atoms with E-state index in [1.54, 1.807) is 18.3 Å². The smallest absolute Gasteiger partial charge is 0.400 e. The van der Waals surface area contributed by atoms with Crippen LogP contribution in [0.1, 0.15) is 33.3 Å². The zero-order valence-corrected chi connectivity index (χ0v) is 15.0. The first kappa shape index (κ1) is 16.9. The third kappa shape index (κ3) is 3.47. The van der Waals surface area contributed by atoms with E-state index in [1.807, 2.05) is 27.7 Å². The van der Waals surface area contributed by atoms with Gasteiger partial charge in [-0.05, 0) is 55.2 Å². The maximum atomic E-state index is 11.9. The number of hydrogen-bond acceptors (Lipinski definition) is 4. The fraction of sp³-hybridized carbons (Fsp3) is 0.500. The molecule has 2 heterocycles. The van der Waals surface area contributed by atoms with E-state index in [2.05, 4.69) is 33.5 Å². The molecule has 0 spiro atoms. The summed E-state index contributed by atoms with van der Waals surface area (Å²) in [6.07, 6.45) is 3.38. The molecule has 0 unspecified atom stereocenters. The molecule has 0 atom stereocenters. The first-order chi connectivity index (χ1) is 9.66. The number of thiol groups is 1. The van der Waals surface area contributed by atoms with Crippen molar-refractivity contribution in [2.75, 3.05) is 5.75 Å². The lowest BCUT2D eigenvalue weighted by atomic mass is 9.78. The van der Waals surface area contributed by atoms with Crippen molar-refractivity contribution in [2.24, 2.45) is 0 Å². The Labute approximate surface area is 139 Å². The standard InChI is InChI=1S/C14H19BBrNO3S/c1-13(2)14(3,4)20-15(19-13)10(8-21)5-9-6-11(16)7-17-12(9)18/h5-7,21H,8H2,1-4H3,(H,17,18). The molecular formula is C14H19BBrNO3S. The van der Waals surface area contributed by atoms with Gasteiger partial charge in [0.15, 0.2) is 0 Å². The second-order valence-electron chi connectivity index (χ2n) is 6.07. The molecule has 1 fully saturated rings.